The SMILES string of the molecule is Cn1nc(-c2ccccc2F)cc1-c1cnc(NC(=O)C2=C(F)CCC=C2F)s1. The van der Waals surface area contributed by atoms with Crippen molar-refractivity contribution in [1.29, 1.82) is 0 Å². The molecule has 148 valence electrons. The van der Waals surface area contributed by atoms with Crippen molar-refractivity contribution < 1.29 is 18.0 Å². The molecule has 0 unspecified atom stereocenters. The van der Waals surface area contributed by atoms with Gasteiger partial charge in [-0.25, -0.2) is 18.2 Å². The fourth-order valence-electron chi connectivity index (χ4n) is 3.02. The minimum absolute atomic E-state index is 0.00681. The Kier molecular flexibility index (Phi) is 5.06. The molecule has 0 fully saturated rings. The molecule has 0 saturated carbocycles. The zero-order valence-corrected chi connectivity index (χ0v) is 16.1. The second-order valence-electron chi connectivity index (χ2n) is 6.37. The third-order valence-electron chi connectivity index (χ3n) is 4.43. The van der Waals surface area contributed by atoms with E-state index in [9.17, 15) is 18.0 Å². The maximum atomic E-state index is 14.0. The largest absolute Gasteiger partial charge is 0.298 e. The van der Waals surface area contributed by atoms with Gasteiger partial charge in [0.25, 0.3) is 5.91 Å². The van der Waals surface area contributed by atoms with Gasteiger partial charge in [-0.15, -0.1) is 0 Å². The second-order valence-corrected chi connectivity index (χ2v) is 7.40. The molecule has 1 amide bonds. The first-order valence-electron chi connectivity index (χ1n) is 8.75. The maximum absolute atomic E-state index is 14.0. The summed E-state index contributed by atoms with van der Waals surface area (Å²) >= 11 is 1.12. The molecular formula is C20H15F3N4OS. The lowest BCUT2D eigenvalue weighted by Crippen LogP contribution is -2.17. The first-order chi connectivity index (χ1) is 13.9. The van der Waals surface area contributed by atoms with Crippen molar-refractivity contribution in [2.75, 3.05) is 5.32 Å². The zero-order valence-electron chi connectivity index (χ0n) is 15.2. The number of carbonyl (C=O) groups excluding carboxylic acids is 1. The van der Waals surface area contributed by atoms with Crippen molar-refractivity contribution in [3.05, 3.63) is 65.6 Å². The van der Waals surface area contributed by atoms with Crippen LogP contribution < -0.4 is 5.32 Å². The Morgan fingerprint density at radius 1 is 1.24 bits per heavy atom. The van der Waals surface area contributed by atoms with Crippen LogP contribution in [0, 0.1) is 5.82 Å². The van der Waals surface area contributed by atoms with Gasteiger partial charge in [-0.1, -0.05) is 23.5 Å². The number of anilines is 1. The molecule has 2 heterocycles. The molecule has 2 aromatic heterocycles. The van der Waals surface area contributed by atoms with Crippen LogP contribution in [0.3, 0.4) is 0 Å². The molecule has 3 aromatic rings. The molecule has 29 heavy (non-hydrogen) atoms. The van der Waals surface area contributed by atoms with Gasteiger partial charge in [0, 0.05) is 25.2 Å². The van der Waals surface area contributed by atoms with Crippen LogP contribution in [0.25, 0.3) is 21.8 Å². The number of aromatic nitrogens is 3. The van der Waals surface area contributed by atoms with Crippen molar-refractivity contribution in [2.24, 2.45) is 7.05 Å². The minimum atomic E-state index is -0.881. The lowest BCUT2D eigenvalue weighted by atomic mass is 10.0. The number of nitrogens with zero attached hydrogens (tertiary/aromatic N) is 3. The number of benzene rings is 1. The number of hydrogen-bond donors (Lipinski definition) is 1. The van der Waals surface area contributed by atoms with Crippen LogP contribution >= 0.6 is 11.3 Å². The summed E-state index contributed by atoms with van der Waals surface area (Å²) in [5.41, 5.74) is 0.904. The second kappa shape index (κ2) is 7.67. The fourth-order valence-corrected chi connectivity index (χ4v) is 3.88. The average molecular weight is 416 g/mol. The molecule has 0 spiro atoms. The van der Waals surface area contributed by atoms with Crippen LogP contribution in [0.2, 0.25) is 0 Å². The molecule has 1 N–H and O–H groups in total. The van der Waals surface area contributed by atoms with E-state index in [1.807, 2.05) is 0 Å². The van der Waals surface area contributed by atoms with E-state index < -0.39 is 23.1 Å². The highest BCUT2D eigenvalue weighted by molar-refractivity contribution is 7.19. The van der Waals surface area contributed by atoms with Gasteiger partial charge in [0.1, 0.15) is 23.0 Å². The summed E-state index contributed by atoms with van der Waals surface area (Å²) in [6.07, 6.45) is 2.92. The molecule has 9 heteroatoms. The van der Waals surface area contributed by atoms with Gasteiger partial charge in [-0.05, 0) is 30.7 Å². The molecule has 0 radical (unpaired) electrons. The van der Waals surface area contributed by atoms with Crippen LogP contribution in [0.15, 0.2) is 59.8 Å². The lowest BCUT2D eigenvalue weighted by molar-refractivity contribution is -0.112. The maximum Gasteiger partial charge on any atom is 0.263 e. The monoisotopic (exact) mass is 416 g/mol. The fraction of sp³-hybridized carbons (Fsp3) is 0.150. The van der Waals surface area contributed by atoms with Crippen LogP contribution in [0.1, 0.15) is 12.8 Å². The number of aryl methyl sites for hydroxylation is 1. The molecule has 0 bridgehead atoms. The topological polar surface area (TPSA) is 59.8 Å². The number of thiazole rings is 1. The molecule has 1 aromatic carbocycles. The smallest absolute Gasteiger partial charge is 0.263 e. The number of amides is 1. The lowest BCUT2D eigenvalue weighted by Gasteiger charge is -2.10. The van der Waals surface area contributed by atoms with E-state index in [0.29, 0.717) is 21.8 Å². The predicted molar refractivity (Wildman–Crippen MR) is 105 cm³/mol. The summed E-state index contributed by atoms with van der Waals surface area (Å²) in [5.74, 6) is -2.91. The van der Waals surface area contributed by atoms with Gasteiger partial charge in [-0.2, -0.15) is 5.10 Å². The minimum Gasteiger partial charge on any atom is -0.298 e. The van der Waals surface area contributed by atoms with E-state index in [4.69, 9.17) is 0 Å². The number of allylic oxidation sites excluding steroid dienone is 2. The number of halogens is 3. The van der Waals surface area contributed by atoms with Gasteiger partial charge in [0.15, 0.2) is 5.13 Å². The highest BCUT2D eigenvalue weighted by Crippen LogP contribution is 2.33. The van der Waals surface area contributed by atoms with Gasteiger partial charge < -0.3 is 0 Å². The van der Waals surface area contributed by atoms with Crippen molar-refractivity contribution in [3.63, 3.8) is 0 Å². The van der Waals surface area contributed by atoms with E-state index in [0.717, 1.165) is 11.3 Å². The number of carbonyl (C=O) groups is 1. The average Bonchev–Trinajstić information content (AvgIpc) is 3.28. The summed E-state index contributed by atoms with van der Waals surface area (Å²) in [5, 5.41) is 6.96. The van der Waals surface area contributed by atoms with Crippen LogP contribution in [-0.2, 0) is 11.8 Å². The Balaban J connectivity index is 1.58. The van der Waals surface area contributed by atoms with Crippen LogP contribution in [0.4, 0.5) is 18.3 Å². The van der Waals surface area contributed by atoms with Gasteiger partial charge in [0.05, 0.1) is 16.3 Å². The molecule has 4 rings (SSSR count). The van der Waals surface area contributed by atoms with Crippen molar-refractivity contribution >= 4 is 22.4 Å². The molecule has 1 aliphatic carbocycles. The normalized spacial score (nSPS) is 14.1. The standard InChI is InChI=1S/C20H15F3N4OS/c1-27-16(9-15(26-27)11-5-2-3-6-12(11)21)17-10-24-20(29-17)25-19(28)18-13(22)7-4-8-14(18)23/h2-3,5-7,9-10H,4,8H2,1H3,(H,24,25,28). The molecule has 5 nitrogen and oxygen atoms in total. The summed E-state index contributed by atoms with van der Waals surface area (Å²) in [7, 11) is 1.71. The van der Waals surface area contributed by atoms with Gasteiger partial charge in [0.2, 0.25) is 0 Å². The molecule has 0 aliphatic heterocycles. The van der Waals surface area contributed by atoms with Crippen molar-refractivity contribution in [3.8, 4) is 21.8 Å². The predicted octanol–water partition coefficient (Wildman–Crippen LogP) is 5.16. The van der Waals surface area contributed by atoms with E-state index in [1.165, 1.54) is 18.3 Å². The van der Waals surface area contributed by atoms with Gasteiger partial charge >= 0.3 is 0 Å². The summed E-state index contributed by atoms with van der Waals surface area (Å²) in [4.78, 5) is 17.0. The first-order valence-corrected chi connectivity index (χ1v) is 9.57. The van der Waals surface area contributed by atoms with Crippen molar-refractivity contribution in [2.45, 2.75) is 12.8 Å². The Hall–Kier alpha value is -3.20. The molecular weight excluding hydrogens is 401 g/mol. The number of rotatable bonds is 4. The molecule has 1 aliphatic rings. The molecule has 0 atom stereocenters. The third-order valence-corrected chi connectivity index (χ3v) is 5.37. The van der Waals surface area contributed by atoms with Crippen LogP contribution in [0.5, 0.6) is 0 Å². The van der Waals surface area contributed by atoms with E-state index in [2.05, 4.69) is 15.4 Å². The van der Waals surface area contributed by atoms with Crippen molar-refractivity contribution in [1.82, 2.24) is 14.8 Å². The summed E-state index contributed by atoms with van der Waals surface area (Å²) < 4.78 is 43.3. The first kappa shape index (κ1) is 19.1. The highest BCUT2D eigenvalue weighted by atomic mass is 32.1. The Bertz CT molecular complexity index is 1160. The summed E-state index contributed by atoms with van der Waals surface area (Å²) in [6, 6.07) is 8.03. The highest BCUT2D eigenvalue weighted by Gasteiger charge is 2.24. The Morgan fingerprint density at radius 2 is 2.03 bits per heavy atom. The third kappa shape index (κ3) is 3.73. The van der Waals surface area contributed by atoms with Gasteiger partial charge in [-0.3, -0.25) is 14.8 Å². The quantitative estimate of drug-likeness (QED) is 0.639. The van der Waals surface area contributed by atoms with Crippen LogP contribution in [-0.4, -0.2) is 20.7 Å². The van der Waals surface area contributed by atoms with E-state index in [-0.39, 0.29) is 23.8 Å². The zero-order chi connectivity index (χ0) is 20.5. The number of nitrogens with one attached hydrogen (secondary N) is 1. The molecule has 0 saturated heterocycles. The Morgan fingerprint density at radius 3 is 2.79 bits per heavy atom. The van der Waals surface area contributed by atoms with E-state index in [1.54, 1.807) is 36.0 Å². The summed E-state index contributed by atoms with van der Waals surface area (Å²) in [6.45, 7) is 0. The Labute approximate surface area is 168 Å². The number of hydrogen-bond acceptors (Lipinski definition) is 4. The van der Waals surface area contributed by atoms with E-state index >= 15 is 0 Å².